The predicted molar refractivity (Wildman–Crippen MR) is 104 cm³/mol. The van der Waals surface area contributed by atoms with Crippen molar-refractivity contribution in [3.8, 4) is 0 Å². The highest BCUT2D eigenvalue weighted by molar-refractivity contribution is 7.07. The molecule has 136 valence electrons. The number of piperidine rings is 1. The van der Waals surface area contributed by atoms with Crippen LogP contribution < -0.4 is 10.6 Å². The zero-order chi connectivity index (χ0) is 18.0. The van der Waals surface area contributed by atoms with Crippen LogP contribution in [-0.4, -0.2) is 39.5 Å². The van der Waals surface area contributed by atoms with Gasteiger partial charge in [0.25, 0.3) is 0 Å². The van der Waals surface area contributed by atoms with Crippen molar-refractivity contribution in [2.24, 2.45) is 5.73 Å². The Hall–Kier alpha value is -1.65. The van der Waals surface area contributed by atoms with E-state index in [1.165, 1.54) is 11.4 Å². The van der Waals surface area contributed by atoms with Crippen molar-refractivity contribution in [3.05, 3.63) is 17.0 Å². The molecule has 1 atom stereocenters. The first-order valence-electron chi connectivity index (χ1n) is 9.15. The first-order valence-corrected chi connectivity index (χ1v) is 9.65. The molecule has 7 heteroatoms. The van der Waals surface area contributed by atoms with Crippen molar-refractivity contribution in [3.63, 3.8) is 0 Å². The number of carbonyl (C=O) groups is 1. The molecular weight excluding hydrogens is 333 g/mol. The second-order valence-corrected chi connectivity index (χ2v) is 7.39. The third-order valence-electron chi connectivity index (χ3n) is 5.04. The van der Waals surface area contributed by atoms with Gasteiger partial charge in [0.15, 0.2) is 0 Å². The summed E-state index contributed by atoms with van der Waals surface area (Å²) < 4.78 is 4.21. The fourth-order valence-electron chi connectivity index (χ4n) is 3.80. The molecule has 2 aromatic heterocycles. The summed E-state index contributed by atoms with van der Waals surface area (Å²) in [6.45, 7) is 7.49. The third kappa shape index (κ3) is 3.38. The Labute approximate surface area is 150 Å². The molecule has 6 nitrogen and oxygen atoms in total. The van der Waals surface area contributed by atoms with Crippen LogP contribution in [0, 0.1) is 12.0 Å². The quantitative estimate of drug-likeness (QED) is 0.634. The number of anilines is 1. The summed E-state index contributed by atoms with van der Waals surface area (Å²) in [6, 6.07) is 0.224. The van der Waals surface area contributed by atoms with Gasteiger partial charge in [-0.15, -0.1) is 0 Å². The third-order valence-corrected chi connectivity index (χ3v) is 5.57. The largest absolute Gasteiger partial charge is 0.356 e. The summed E-state index contributed by atoms with van der Waals surface area (Å²) in [6.07, 6.45) is 7.07. The van der Waals surface area contributed by atoms with Crippen LogP contribution in [0.15, 0.2) is 6.33 Å². The molecule has 3 rings (SSSR count). The monoisotopic (exact) mass is 361 g/mol. The van der Waals surface area contributed by atoms with E-state index in [1.807, 2.05) is 4.57 Å². The van der Waals surface area contributed by atoms with Crippen molar-refractivity contribution >= 4 is 32.0 Å². The number of nitrogens with two attached hydrogens (primary N) is 1. The number of carbonyl (C=O) groups excluding carboxylic acids is 1. The van der Waals surface area contributed by atoms with Crippen LogP contribution >= 0.6 is 8.86 Å². The Morgan fingerprint density at radius 3 is 2.96 bits per heavy atom. The summed E-state index contributed by atoms with van der Waals surface area (Å²) in [5.74, 6) is 1.23. The molecule has 0 aliphatic carbocycles. The van der Waals surface area contributed by atoms with E-state index >= 15 is 0 Å². The summed E-state index contributed by atoms with van der Waals surface area (Å²) in [7, 11) is 3.77. The minimum atomic E-state index is 0.224. The van der Waals surface area contributed by atoms with E-state index in [0.29, 0.717) is 6.54 Å². The average Bonchev–Trinajstić information content (AvgIpc) is 2.88. The van der Waals surface area contributed by atoms with Gasteiger partial charge in [-0.2, -0.15) is 0 Å². The van der Waals surface area contributed by atoms with Crippen LogP contribution in [0.25, 0.3) is 11.0 Å². The molecule has 2 N–H and O–H groups in total. The van der Waals surface area contributed by atoms with Crippen molar-refractivity contribution < 1.29 is 4.79 Å². The van der Waals surface area contributed by atoms with Gasteiger partial charge in [-0.25, -0.2) is 4.98 Å². The molecular formula is C18H28N5OP. The van der Waals surface area contributed by atoms with Crippen molar-refractivity contribution in [2.75, 3.05) is 18.0 Å². The van der Waals surface area contributed by atoms with Crippen LogP contribution in [0.4, 0.5) is 5.82 Å². The van der Waals surface area contributed by atoms with Gasteiger partial charge in [0, 0.05) is 31.2 Å². The second-order valence-electron chi connectivity index (χ2n) is 6.91. The Balaban J connectivity index is 2.20. The van der Waals surface area contributed by atoms with Crippen LogP contribution in [0.2, 0.25) is 0 Å². The lowest BCUT2D eigenvalue weighted by Crippen LogP contribution is -2.43. The highest BCUT2D eigenvalue weighted by Crippen LogP contribution is 2.33. The van der Waals surface area contributed by atoms with Gasteiger partial charge in [-0.05, 0) is 26.2 Å². The number of hydrogen-bond acceptors (Lipinski definition) is 4. The molecule has 0 aromatic carbocycles. The van der Waals surface area contributed by atoms with Gasteiger partial charge in [-0.3, -0.25) is 0 Å². The minimum absolute atomic E-state index is 0.224. The van der Waals surface area contributed by atoms with E-state index in [9.17, 15) is 4.79 Å². The van der Waals surface area contributed by atoms with Crippen LogP contribution in [0.5, 0.6) is 0 Å². The maximum absolute atomic E-state index is 11.0. The van der Waals surface area contributed by atoms with E-state index in [0.717, 1.165) is 67.7 Å². The molecule has 0 spiro atoms. The number of nitrogens with zero attached hydrogens (tertiary/aromatic N) is 4. The number of rotatable bonds is 6. The Morgan fingerprint density at radius 2 is 2.28 bits per heavy atom. The van der Waals surface area contributed by atoms with E-state index in [2.05, 4.69) is 37.2 Å². The smallest absolute Gasteiger partial charge is 0.139 e. The van der Waals surface area contributed by atoms with E-state index < -0.39 is 0 Å². The summed E-state index contributed by atoms with van der Waals surface area (Å²) in [4.78, 5) is 18.0. The maximum atomic E-state index is 11.0. The molecule has 1 aliphatic heterocycles. The lowest BCUT2D eigenvalue weighted by atomic mass is 10.1. The van der Waals surface area contributed by atoms with Crippen molar-refractivity contribution in [1.29, 1.82) is 0 Å². The van der Waals surface area contributed by atoms with Gasteiger partial charge < -0.3 is 24.6 Å². The number of hydrogen-bond donors (Lipinski definition) is 1. The molecule has 0 radical (unpaired) electrons. The SMILES string of the molecule is CCCCn1c(N2CCCC(N)C2)c(C)c2ncn(CC=O)c(=P)c21. The normalized spacial score (nSPS) is 18.0. The Kier molecular flexibility index (Phi) is 5.60. The molecule has 0 bridgehead atoms. The molecule has 0 saturated carbocycles. The second kappa shape index (κ2) is 7.71. The van der Waals surface area contributed by atoms with E-state index in [4.69, 9.17) is 5.73 Å². The van der Waals surface area contributed by atoms with Gasteiger partial charge in [0.05, 0.1) is 29.0 Å². The molecule has 1 saturated heterocycles. The topological polar surface area (TPSA) is 69.1 Å². The molecule has 3 heterocycles. The van der Waals surface area contributed by atoms with Crippen molar-refractivity contribution in [2.45, 2.75) is 58.7 Å². The number of fused-ring (bicyclic) bond motifs is 1. The maximum Gasteiger partial charge on any atom is 0.139 e. The van der Waals surface area contributed by atoms with Crippen LogP contribution in [0.1, 0.15) is 38.2 Å². The number of aromatic nitrogens is 3. The van der Waals surface area contributed by atoms with E-state index in [1.54, 1.807) is 6.33 Å². The standard InChI is InChI=1S/C18H28N5OP/c1-3-4-8-23-16-15(20-12-22(9-10-24)18(16)25)13(2)17(23)21-7-5-6-14(19)11-21/h10,12,14,25H,3-9,11,19H2,1-2H3. The molecule has 1 aliphatic rings. The molecule has 1 unspecified atom stereocenters. The fraction of sp³-hybridized carbons (Fsp3) is 0.611. The number of aldehydes is 1. The van der Waals surface area contributed by atoms with Crippen molar-refractivity contribution in [1.82, 2.24) is 14.1 Å². The van der Waals surface area contributed by atoms with Gasteiger partial charge >= 0.3 is 0 Å². The predicted octanol–water partition coefficient (Wildman–Crippen LogP) is 2.75. The number of aryl methyl sites for hydroxylation is 2. The Morgan fingerprint density at radius 1 is 1.48 bits per heavy atom. The Bertz CT molecular complexity index is 825. The van der Waals surface area contributed by atoms with Gasteiger partial charge in [-0.1, -0.05) is 22.2 Å². The van der Waals surface area contributed by atoms with Gasteiger partial charge in [0.1, 0.15) is 12.1 Å². The summed E-state index contributed by atoms with van der Waals surface area (Å²) >= 11 is 0. The average molecular weight is 361 g/mol. The fourth-order valence-corrected chi connectivity index (χ4v) is 4.20. The lowest BCUT2D eigenvalue weighted by molar-refractivity contribution is -0.108. The van der Waals surface area contributed by atoms with Crippen LogP contribution in [-0.2, 0) is 17.9 Å². The van der Waals surface area contributed by atoms with E-state index in [-0.39, 0.29) is 6.04 Å². The number of unbranched alkanes of at least 4 members (excludes halogenated alkanes) is 1. The summed E-state index contributed by atoms with van der Waals surface area (Å²) in [5, 5.41) is 0.906. The molecule has 25 heavy (non-hydrogen) atoms. The first kappa shape index (κ1) is 18.2. The highest BCUT2D eigenvalue weighted by atomic mass is 31.0. The molecule has 2 aromatic rings. The highest BCUT2D eigenvalue weighted by Gasteiger charge is 2.25. The lowest BCUT2D eigenvalue weighted by Gasteiger charge is -2.34. The van der Waals surface area contributed by atoms with Gasteiger partial charge in [0.2, 0.25) is 0 Å². The molecule has 0 amide bonds. The zero-order valence-corrected chi connectivity index (χ0v) is 16.2. The first-order chi connectivity index (χ1) is 12.1. The molecule has 1 fully saturated rings. The minimum Gasteiger partial charge on any atom is -0.356 e. The van der Waals surface area contributed by atoms with Crippen LogP contribution in [0.3, 0.4) is 0 Å². The summed E-state index contributed by atoms with van der Waals surface area (Å²) in [5.41, 5.74) is 9.49. The zero-order valence-electron chi connectivity index (χ0n) is 15.2.